The minimum absolute atomic E-state index is 0.0797. The fourth-order valence-electron chi connectivity index (χ4n) is 1.92. The van der Waals surface area contributed by atoms with Gasteiger partial charge >= 0.3 is 0 Å². The summed E-state index contributed by atoms with van der Waals surface area (Å²) in [6.07, 6.45) is 4.20. The van der Waals surface area contributed by atoms with Gasteiger partial charge in [-0.25, -0.2) is 0 Å². The first-order chi connectivity index (χ1) is 8.36. The Balaban J connectivity index is 1.58. The van der Waals surface area contributed by atoms with Crippen LogP contribution in [0.5, 0.6) is 0 Å². The summed E-state index contributed by atoms with van der Waals surface area (Å²) in [7, 11) is 0. The van der Waals surface area contributed by atoms with E-state index in [1.165, 1.54) is 0 Å². The van der Waals surface area contributed by atoms with E-state index in [1.807, 2.05) is 0 Å². The van der Waals surface area contributed by atoms with Crippen molar-refractivity contribution in [2.75, 3.05) is 26.2 Å². The topological polar surface area (TPSA) is 66.2 Å². The number of H-pyrrole nitrogens is 1. The smallest absolute Gasteiger partial charge is 0.267 e. The van der Waals surface area contributed by atoms with Crippen molar-refractivity contribution in [2.45, 2.75) is 18.9 Å². The van der Waals surface area contributed by atoms with Crippen LogP contribution in [0.15, 0.2) is 18.3 Å². The molecular weight excluding hydrogens is 218 g/mol. The van der Waals surface area contributed by atoms with Crippen molar-refractivity contribution in [3.8, 4) is 0 Å². The molecule has 1 aliphatic heterocycles. The number of piperidine rings is 1. The first kappa shape index (κ1) is 12.1. The number of ether oxygens (including phenoxy) is 1. The van der Waals surface area contributed by atoms with Crippen LogP contribution in [0, 0.1) is 0 Å². The Morgan fingerprint density at radius 2 is 2.29 bits per heavy atom. The number of nitrogens with one attached hydrogen (secondary N) is 3. The maximum Gasteiger partial charge on any atom is 0.267 e. The maximum absolute atomic E-state index is 11.5. The summed E-state index contributed by atoms with van der Waals surface area (Å²) in [5.41, 5.74) is 0.590. The van der Waals surface area contributed by atoms with Gasteiger partial charge in [0.1, 0.15) is 5.69 Å². The third kappa shape index (κ3) is 3.87. The maximum atomic E-state index is 11.5. The molecule has 1 aromatic rings. The minimum atomic E-state index is -0.0797. The van der Waals surface area contributed by atoms with Gasteiger partial charge in [0.15, 0.2) is 0 Å². The summed E-state index contributed by atoms with van der Waals surface area (Å²) in [5.74, 6) is -0.0797. The second-order valence-electron chi connectivity index (χ2n) is 4.16. The molecule has 1 fully saturated rings. The molecule has 17 heavy (non-hydrogen) atoms. The van der Waals surface area contributed by atoms with Crippen molar-refractivity contribution in [1.29, 1.82) is 0 Å². The first-order valence-electron chi connectivity index (χ1n) is 6.10. The summed E-state index contributed by atoms with van der Waals surface area (Å²) in [6, 6.07) is 3.56. The van der Waals surface area contributed by atoms with Crippen molar-refractivity contribution in [1.82, 2.24) is 15.6 Å². The van der Waals surface area contributed by atoms with Crippen LogP contribution in [0.1, 0.15) is 23.3 Å². The number of rotatable bonds is 5. The summed E-state index contributed by atoms with van der Waals surface area (Å²) in [5, 5.41) is 6.10. The highest BCUT2D eigenvalue weighted by Gasteiger charge is 2.12. The Kier molecular flexibility index (Phi) is 4.58. The highest BCUT2D eigenvalue weighted by atomic mass is 16.5. The summed E-state index contributed by atoms with van der Waals surface area (Å²) in [4.78, 5) is 14.4. The Bertz CT molecular complexity index is 332. The van der Waals surface area contributed by atoms with Crippen LogP contribution in [0.3, 0.4) is 0 Å². The molecule has 5 nitrogen and oxygen atoms in total. The minimum Gasteiger partial charge on any atom is -0.376 e. The highest BCUT2D eigenvalue weighted by Crippen LogP contribution is 2.06. The van der Waals surface area contributed by atoms with Gasteiger partial charge < -0.3 is 20.4 Å². The molecule has 0 aromatic carbocycles. The van der Waals surface area contributed by atoms with Crippen LogP contribution >= 0.6 is 0 Å². The fraction of sp³-hybridized carbons (Fsp3) is 0.583. The lowest BCUT2D eigenvalue weighted by Gasteiger charge is -2.22. The first-order valence-corrected chi connectivity index (χ1v) is 6.10. The van der Waals surface area contributed by atoms with Crippen LogP contribution < -0.4 is 10.6 Å². The number of amides is 1. The van der Waals surface area contributed by atoms with E-state index in [9.17, 15) is 4.79 Å². The van der Waals surface area contributed by atoms with Gasteiger partial charge in [0.05, 0.1) is 12.7 Å². The third-order valence-corrected chi connectivity index (χ3v) is 2.87. The van der Waals surface area contributed by atoms with Crippen LogP contribution in [0.2, 0.25) is 0 Å². The van der Waals surface area contributed by atoms with E-state index < -0.39 is 0 Å². The highest BCUT2D eigenvalue weighted by molar-refractivity contribution is 5.92. The second-order valence-corrected chi connectivity index (χ2v) is 4.16. The van der Waals surface area contributed by atoms with E-state index in [1.54, 1.807) is 18.3 Å². The van der Waals surface area contributed by atoms with E-state index >= 15 is 0 Å². The average Bonchev–Trinajstić information content (AvgIpc) is 2.89. The zero-order valence-electron chi connectivity index (χ0n) is 9.87. The Labute approximate surface area is 101 Å². The molecule has 0 spiro atoms. The van der Waals surface area contributed by atoms with Crippen molar-refractivity contribution in [3.63, 3.8) is 0 Å². The predicted octanol–water partition coefficient (Wildman–Crippen LogP) is 0.513. The van der Waals surface area contributed by atoms with Crippen LogP contribution in [0.25, 0.3) is 0 Å². The van der Waals surface area contributed by atoms with Crippen LogP contribution in [-0.4, -0.2) is 43.2 Å². The van der Waals surface area contributed by atoms with Crippen molar-refractivity contribution in [3.05, 3.63) is 24.0 Å². The van der Waals surface area contributed by atoms with Gasteiger partial charge in [-0.05, 0) is 38.1 Å². The molecule has 2 heterocycles. The summed E-state index contributed by atoms with van der Waals surface area (Å²) >= 11 is 0. The fourth-order valence-corrected chi connectivity index (χ4v) is 1.92. The zero-order chi connectivity index (χ0) is 11.9. The van der Waals surface area contributed by atoms with Gasteiger partial charge in [0.2, 0.25) is 0 Å². The molecule has 0 atom stereocenters. The van der Waals surface area contributed by atoms with Crippen molar-refractivity contribution >= 4 is 5.91 Å². The van der Waals surface area contributed by atoms with Gasteiger partial charge in [0.25, 0.3) is 5.91 Å². The molecule has 0 radical (unpaired) electrons. The number of aromatic amines is 1. The van der Waals surface area contributed by atoms with Crippen molar-refractivity contribution < 1.29 is 9.53 Å². The van der Waals surface area contributed by atoms with Gasteiger partial charge in [-0.15, -0.1) is 0 Å². The quantitative estimate of drug-likeness (QED) is 0.654. The number of aromatic nitrogens is 1. The van der Waals surface area contributed by atoms with E-state index in [4.69, 9.17) is 4.74 Å². The lowest BCUT2D eigenvalue weighted by molar-refractivity contribution is 0.0343. The lowest BCUT2D eigenvalue weighted by Crippen LogP contribution is -2.34. The largest absolute Gasteiger partial charge is 0.376 e. The van der Waals surface area contributed by atoms with E-state index in [0.29, 0.717) is 24.9 Å². The van der Waals surface area contributed by atoms with Gasteiger partial charge in [-0.1, -0.05) is 0 Å². The molecule has 94 valence electrons. The number of carbonyl (C=O) groups is 1. The van der Waals surface area contributed by atoms with Gasteiger partial charge in [-0.3, -0.25) is 4.79 Å². The molecule has 1 saturated heterocycles. The Morgan fingerprint density at radius 1 is 1.47 bits per heavy atom. The molecule has 2 rings (SSSR count). The van der Waals surface area contributed by atoms with Gasteiger partial charge in [-0.2, -0.15) is 0 Å². The van der Waals surface area contributed by atoms with E-state index in [0.717, 1.165) is 25.9 Å². The normalized spacial score (nSPS) is 16.9. The van der Waals surface area contributed by atoms with E-state index in [2.05, 4.69) is 15.6 Å². The average molecular weight is 237 g/mol. The zero-order valence-corrected chi connectivity index (χ0v) is 9.87. The van der Waals surface area contributed by atoms with Gasteiger partial charge in [0, 0.05) is 12.7 Å². The molecule has 5 heteroatoms. The molecule has 0 aliphatic carbocycles. The van der Waals surface area contributed by atoms with Crippen molar-refractivity contribution in [2.24, 2.45) is 0 Å². The second kappa shape index (κ2) is 6.42. The standard InChI is InChI=1S/C12H19N3O2/c16-12(11-2-1-5-14-11)15-8-9-17-10-3-6-13-7-4-10/h1-2,5,10,13-14H,3-4,6-9H2,(H,15,16). The Morgan fingerprint density at radius 3 is 3.00 bits per heavy atom. The molecule has 0 unspecified atom stereocenters. The molecule has 0 saturated carbocycles. The molecule has 1 amide bonds. The molecule has 1 aliphatic rings. The SMILES string of the molecule is O=C(NCCOC1CCNCC1)c1ccc[nH]1. The number of carbonyl (C=O) groups excluding carboxylic acids is 1. The van der Waals surface area contributed by atoms with Crippen LogP contribution in [-0.2, 0) is 4.74 Å². The monoisotopic (exact) mass is 237 g/mol. The van der Waals surface area contributed by atoms with E-state index in [-0.39, 0.29) is 5.91 Å². The lowest BCUT2D eigenvalue weighted by atomic mass is 10.1. The Hall–Kier alpha value is -1.33. The van der Waals surface area contributed by atoms with Crippen LogP contribution in [0.4, 0.5) is 0 Å². The molecular formula is C12H19N3O2. The molecule has 1 aromatic heterocycles. The number of hydrogen-bond acceptors (Lipinski definition) is 3. The molecule has 3 N–H and O–H groups in total. The summed E-state index contributed by atoms with van der Waals surface area (Å²) in [6.45, 7) is 3.19. The third-order valence-electron chi connectivity index (χ3n) is 2.87. The molecule has 0 bridgehead atoms. The predicted molar refractivity (Wildman–Crippen MR) is 65.0 cm³/mol. The summed E-state index contributed by atoms with van der Waals surface area (Å²) < 4.78 is 5.69. The number of hydrogen-bond donors (Lipinski definition) is 3.